The molecule has 1 fully saturated rings. The number of aldehydes is 1. The highest BCUT2D eigenvalue weighted by atomic mass is 32.2. The fourth-order valence-electron chi connectivity index (χ4n) is 3.51. The SMILES string of the molecule is O=Cc1cc2cc(-c3cccc(CSC4CCCC4)c3)ccc2[nH]1. The van der Waals surface area contributed by atoms with Crippen LogP contribution in [0.5, 0.6) is 0 Å². The Labute approximate surface area is 146 Å². The molecular weight excluding hydrogens is 314 g/mol. The number of benzene rings is 2. The molecule has 0 unspecified atom stereocenters. The van der Waals surface area contributed by atoms with Crippen molar-refractivity contribution in [1.29, 1.82) is 0 Å². The molecule has 0 aliphatic heterocycles. The quantitative estimate of drug-likeness (QED) is 0.596. The number of aromatic nitrogens is 1. The molecule has 3 heteroatoms. The van der Waals surface area contributed by atoms with E-state index in [2.05, 4.69) is 59.2 Å². The predicted molar refractivity (Wildman–Crippen MR) is 103 cm³/mol. The first kappa shape index (κ1) is 15.5. The highest BCUT2D eigenvalue weighted by Crippen LogP contribution is 2.32. The fourth-order valence-corrected chi connectivity index (χ4v) is 4.78. The van der Waals surface area contributed by atoms with E-state index in [1.165, 1.54) is 42.4 Å². The van der Waals surface area contributed by atoms with Crippen LogP contribution in [0.25, 0.3) is 22.0 Å². The zero-order chi connectivity index (χ0) is 16.4. The maximum atomic E-state index is 10.9. The molecular formula is C21H21NOS. The third-order valence-electron chi connectivity index (χ3n) is 4.82. The number of carbonyl (C=O) groups excluding carboxylic acids is 1. The van der Waals surface area contributed by atoms with Crippen LogP contribution in [0.4, 0.5) is 0 Å². The minimum absolute atomic E-state index is 0.629. The number of H-pyrrole nitrogens is 1. The summed E-state index contributed by atoms with van der Waals surface area (Å²) in [6.07, 6.45) is 6.43. The fraction of sp³-hybridized carbons (Fsp3) is 0.286. The van der Waals surface area contributed by atoms with Crippen molar-refractivity contribution in [2.24, 2.45) is 0 Å². The molecule has 0 spiro atoms. The Balaban J connectivity index is 1.56. The first-order valence-electron chi connectivity index (χ1n) is 8.61. The van der Waals surface area contributed by atoms with Crippen molar-refractivity contribution in [3.05, 3.63) is 59.8 Å². The number of nitrogens with one attached hydrogen (secondary N) is 1. The minimum atomic E-state index is 0.629. The first-order valence-corrected chi connectivity index (χ1v) is 9.65. The zero-order valence-electron chi connectivity index (χ0n) is 13.6. The third-order valence-corrected chi connectivity index (χ3v) is 6.26. The van der Waals surface area contributed by atoms with Gasteiger partial charge >= 0.3 is 0 Å². The summed E-state index contributed by atoms with van der Waals surface area (Å²) in [6.45, 7) is 0. The lowest BCUT2D eigenvalue weighted by molar-refractivity contribution is 0.112. The van der Waals surface area contributed by atoms with E-state index in [-0.39, 0.29) is 0 Å². The maximum Gasteiger partial charge on any atom is 0.166 e. The van der Waals surface area contributed by atoms with Crippen LogP contribution in [-0.2, 0) is 5.75 Å². The number of hydrogen-bond donors (Lipinski definition) is 1. The van der Waals surface area contributed by atoms with Crippen LogP contribution in [0.3, 0.4) is 0 Å². The minimum Gasteiger partial charge on any atom is -0.352 e. The van der Waals surface area contributed by atoms with Gasteiger partial charge in [0, 0.05) is 21.9 Å². The largest absolute Gasteiger partial charge is 0.352 e. The number of fused-ring (bicyclic) bond motifs is 1. The topological polar surface area (TPSA) is 32.9 Å². The molecule has 3 aromatic rings. The molecule has 0 amide bonds. The van der Waals surface area contributed by atoms with Crippen LogP contribution in [0, 0.1) is 0 Å². The van der Waals surface area contributed by atoms with E-state index < -0.39 is 0 Å². The second-order valence-corrected chi connectivity index (χ2v) is 7.85. The lowest BCUT2D eigenvalue weighted by Gasteiger charge is -2.10. The molecule has 1 heterocycles. The van der Waals surface area contributed by atoms with Gasteiger partial charge in [-0.1, -0.05) is 43.2 Å². The van der Waals surface area contributed by atoms with Gasteiger partial charge in [-0.25, -0.2) is 0 Å². The highest BCUT2D eigenvalue weighted by molar-refractivity contribution is 7.99. The van der Waals surface area contributed by atoms with E-state index in [4.69, 9.17) is 0 Å². The first-order chi connectivity index (χ1) is 11.8. The van der Waals surface area contributed by atoms with Crippen LogP contribution >= 0.6 is 11.8 Å². The molecule has 122 valence electrons. The van der Waals surface area contributed by atoms with Gasteiger partial charge in [-0.3, -0.25) is 4.79 Å². The second-order valence-electron chi connectivity index (χ2n) is 6.56. The lowest BCUT2D eigenvalue weighted by Crippen LogP contribution is -1.94. The van der Waals surface area contributed by atoms with E-state index in [1.807, 2.05) is 6.07 Å². The number of carbonyl (C=O) groups is 1. The summed E-state index contributed by atoms with van der Waals surface area (Å²) in [4.78, 5) is 14.0. The van der Waals surface area contributed by atoms with Crippen LogP contribution < -0.4 is 0 Å². The van der Waals surface area contributed by atoms with Crippen LogP contribution in [-0.4, -0.2) is 16.5 Å². The average molecular weight is 335 g/mol. The zero-order valence-corrected chi connectivity index (χ0v) is 14.4. The Morgan fingerprint density at radius 3 is 2.71 bits per heavy atom. The van der Waals surface area contributed by atoms with Gasteiger partial charge in [0.2, 0.25) is 0 Å². The van der Waals surface area contributed by atoms with Gasteiger partial charge in [0.15, 0.2) is 6.29 Å². The van der Waals surface area contributed by atoms with E-state index >= 15 is 0 Å². The van der Waals surface area contributed by atoms with Gasteiger partial charge in [0.05, 0.1) is 5.69 Å². The number of hydrogen-bond acceptors (Lipinski definition) is 2. The van der Waals surface area contributed by atoms with E-state index in [0.717, 1.165) is 28.2 Å². The number of rotatable bonds is 5. The Bertz CT molecular complexity index is 861. The average Bonchev–Trinajstić information content (AvgIpc) is 3.28. The summed E-state index contributed by atoms with van der Waals surface area (Å²) in [7, 11) is 0. The Morgan fingerprint density at radius 2 is 1.88 bits per heavy atom. The van der Waals surface area contributed by atoms with E-state index in [0.29, 0.717) is 5.69 Å². The molecule has 1 aromatic heterocycles. The molecule has 0 atom stereocenters. The van der Waals surface area contributed by atoms with Crippen molar-refractivity contribution in [2.45, 2.75) is 36.7 Å². The maximum absolute atomic E-state index is 10.9. The molecule has 1 aliphatic carbocycles. The molecule has 4 rings (SSSR count). The molecule has 0 radical (unpaired) electrons. The summed E-state index contributed by atoms with van der Waals surface area (Å²) < 4.78 is 0. The van der Waals surface area contributed by atoms with Gasteiger partial charge in [-0.2, -0.15) is 11.8 Å². The van der Waals surface area contributed by atoms with Gasteiger partial charge in [0.1, 0.15) is 0 Å². The Morgan fingerprint density at radius 1 is 1.04 bits per heavy atom. The molecule has 2 nitrogen and oxygen atoms in total. The molecule has 1 N–H and O–H groups in total. The summed E-state index contributed by atoms with van der Waals surface area (Å²) >= 11 is 2.11. The van der Waals surface area contributed by atoms with Crippen LogP contribution in [0.2, 0.25) is 0 Å². The highest BCUT2D eigenvalue weighted by Gasteiger charge is 2.15. The van der Waals surface area contributed by atoms with Crippen molar-refractivity contribution in [3.63, 3.8) is 0 Å². The monoisotopic (exact) mass is 335 g/mol. The van der Waals surface area contributed by atoms with Crippen LogP contribution in [0.1, 0.15) is 41.7 Å². The van der Waals surface area contributed by atoms with Gasteiger partial charge in [-0.05, 0) is 47.7 Å². The number of aromatic amines is 1. The standard InChI is InChI=1S/C21H21NOS/c23-13-19-12-18-11-17(8-9-21(18)22-19)16-5-3-4-15(10-16)14-24-20-6-1-2-7-20/h3-5,8-13,20,22H,1-2,6-7,14H2. The van der Waals surface area contributed by atoms with Gasteiger partial charge < -0.3 is 4.98 Å². The van der Waals surface area contributed by atoms with Gasteiger partial charge in [0.25, 0.3) is 0 Å². The summed E-state index contributed by atoms with van der Waals surface area (Å²) in [6, 6.07) is 17.1. The van der Waals surface area contributed by atoms with Crippen molar-refractivity contribution < 1.29 is 4.79 Å². The summed E-state index contributed by atoms with van der Waals surface area (Å²) in [5.74, 6) is 1.10. The van der Waals surface area contributed by atoms with Gasteiger partial charge in [-0.15, -0.1) is 0 Å². The Kier molecular flexibility index (Phi) is 4.44. The normalized spacial score (nSPS) is 15.2. The molecule has 1 saturated carbocycles. The predicted octanol–water partition coefficient (Wildman–Crippen LogP) is 5.82. The molecule has 0 saturated heterocycles. The summed E-state index contributed by atoms with van der Waals surface area (Å²) in [5, 5.41) is 1.94. The smallest absolute Gasteiger partial charge is 0.166 e. The second kappa shape index (κ2) is 6.86. The van der Waals surface area contributed by atoms with Crippen molar-refractivity contribution in [3.8, 4) is 11.1 Å². The third kappa shape index (κ3) is 3.27. The summed E-state index contributed by atoms with van der Waals surface area (Å²) in [5.41, 5.74) is 5.48. The molecule has 24 heavy (non-hydrogen) atoms. The number of thioether (sulfide) groups is 1. The van der Waals surface area contributed by atoms with Crippen molar-refractivity contribution in [2.75, 3.05) is 0 Å². The van der Waals surface area contributed by atoms with Crippen LogP contribution in [0.15, 0.2) is 48.5 Å². The molecule has 1 aliphatic rings. The molecule has 0 bridgehead atoms. The van der Waals surface area contributed by atoms with E-state index in [9.17, 15) is 4.79 Å². The Hall–Kier alpha value is -2.00. The van der Waals surface area contributed by atoms with Crippen molar-refractivity contribution >= 4 is 29.0 Å². The van der Waals surface area contributed by atoms with Crippen molar-refractivity contribution in [1.82, 2.24) is 4.98 Å². The molecule has 2 aromatic carbocycles. The van der Waals surface area contributed by atoms with E-state index in [1.54, 1.807) is 0 Å². The lowest BCUT2D eigenvalue weighted by atomic mass is 10.0.